The summed E-state index contributed by atoms with van der Waals surface area (Å²) in [5.74, 6) is 1.56. The molecule has 0 unspecified atom stereocenters. The van der Waals surface area contributed by atoms with Crippen LogP contribution in [0.1, 0.15) is 35.3 Å². The van der Waals surface area contributed by atoms with E-state index in [2.05, 4.69) is 20.9 Å². The molecule has 0 heterocycles. The van der Waals surface area contributed by atoms with Gasteiger partial charge in [-0.2, -0.15) is 0 Å². The zero-order valence-electron chi connectivity index (χ0n) is 17.3. The lowest BCUT2D eigenvalue weighted by Crippen LogP contribution is -2.38. The molecule has 3 N–H and O–H groups in total. The number of amides is 1. The molecule has 0 fully saturated rings. The van der Waals surface area contributed by atoms with Gasteiger partial charge in [-0.3, -0.25) is 4.79 Å². The van der Waals surface area contributed by atoms with E-state index in [1.54, 1.807) is 7.05 Å². The van der Waals surface area contributed by atoms with Gasteiger partial charge in [0.05, 0.1) is 13.2 Å². The molecule has 0 bridgehead atoms. The molecule has 0 atom stereocenters. The molecular formula is C22H31IN4O2. The first kappa shape index (κ1) is 24.7. The predicted octanol–water partition coefficient (Wildman–Crippen LogP) is 3.36. The maximum Gasteiger partial charge on any atom is 0.251 e. The van der Waals surface area contributed by atoms with Crippen molar-refractivity contribution in [3.05, 3.63) is 65.2 Å². The summed E-state index contributed by atoms with van der Waals surface area (Å²) in [6.07, 6.45) is 0.801. The number of halogens is 1. The molecule has 7 heteroatoms. The van der Waals surface area contributed by atoms with Crippen LogP contribution < -0.4 is 20.7 Å². The average Bonchev–Trinajstić information content (AvgIpc) is 2.72. The number of guanidine groups is 1. The van der Waals surface area contributed by atoms with E-state index in [1.165, 1.54) is 0 Å². The third kappa shape index (κ3) is 8.72. The predicted molar refractivity (Wildman–Crippen MR) is 129 cm³/mol. The minimum atomic E-state index is -0.0704. The molecule has 6 nitrogen and oxygen atoms in total. The van der Waals surface area contributed by atoms with E-state index in [9.17, 15) is 4.79 Å². The smallest absolute Gasteiger partial charge is 0.251 e. The van der Waals surface area contributed by atoms with Gasteiger partial charge in [0.15, 0.2) is 5.96 Å². The van der Waals surface area contributed by atoms with E-state index < -0.39 is 0 Å². The Morgan fingerprint density at radius 2 is 1.79 bits per heavy atom. The van der Waals surface area contributed by atoms with E-state index in [1.807, 2.05) is 62.4 Å². The summed E-state index contributed by atoms with van der Waals surface area (Å²) in [6.45, 7) is 6.75. The fourth-order valence-electron chi connectivity index (χ4n) is 2.75. The van der Waals surface area contributed by atoms with Crippen molar-refractivity contribution >= 4 is 35.8 Å². The molecule has 2 aromatic rings. The largest absolute Gasteiger partial charge is 0.494 e. The Balaban J connectivity index is 0.00000420. The van der Waals surface area contributed by atoms with Crippen LogP contribution in [0.4, 0.5) is 0 Å². The van der Waals surface area contributed by atoms with Crippen LogP contribution in [0.25, 0.3) is 0 Å². The van der Waals surface area contributed by atoms with Crippen molar-refractivity contribution in [2.45, 2.75) is 26.8 Å². The number of nitrogens with zero attached hydrogens (tertiary/aromatic N) is 1. The van der Waals surface area contributed by atoms with Gasteiger partial charge in [0.2, 0.25) is 0 Å². The van der Waals surface area contributed by atoms with Crippen molar-refractivity contribution in [2.24, 2.45) is 4.99 Å². The second kappa shape index (κ2) is 13.8. The van der Waals surface area contributed by atoms with Gasteiger partial charge >= 0.3 is 0 Å². The molecule has 0 aromatic heterocycles. The van der Waals surface area contributed by atoms with Crippen LogP contribution in [-0.4, -0.2) is 38.6 Å². The molecule has 2 aromatic carbocycles. The fraction of sp³-hybridized carbons (Fsp3) is 0.364. The van der Waals surface area contributed by atoms with E-state index in [0.717, 1.165) is 42.3 Å². The molecule has 0 aliphatic heterocycles. The normalized spacial score (nSPS) is 10.7. The Kier molecular flexibility index (Phi) is 11.8. The Hall–Kier alpha value is -2.29. The molecule has 0 aliphatic carbocycles. The van der Waals surface area contributed by atoms with Gasteiger partial charge in [-0.25, -0.2) is 4.99 Å². The zero-order chi connectivity index (χ0) is 20.2. The molecule has 2 rings (SSSR count). The second-order valence-corrected chi connectivity index (χ2v) is 6.23. The molecule has 0 saturated carbocycles. The second-order valence-electron chi connectivity index (χ2n) is 6.23. The van der Waals surface area contributed by atoms with E-state index in [-0.39, 0.29) is 29.9 Å². The van der Waals surface area contributed by atoms with E-state index in [4.69, 9.17) is 4.74 Å². The Bertz CT molecular complexity index is 796. The van der Waals surface area contributed by atoms with Crippen LogP contribution in [0, 0.1) is 0 Å². The summed E-state index contributed by atoms with van der Waals surface area (Å²) >= 11 is 0. The first-order chi connectivity index (χ1) is 13.7. The van der Waals surface area contributed by atoms with Crippen molar-refractivity contribution in [3.8, 4) is 5.75 Å². The number of benzene rings is 2. The van der Waals surface area contributed by atoms with Crippen LogP contribution in [0.2, 0.25) is 0 Å². The van der Waals surface area contributed by atoms with Crippen molar-refractivity contribution in [1.29, 1.82) is 0 Å². The Labute approximate surface area is 190 Å². The maximum atomic E-state index is 11.8. The van der Waals surface area contributed by atoms with Crippen LogP contribution in [0.5, 0.6) is 5.75 Å². The number of carbonyl (C=O) groups is 1. The van der Waals surface area contributed by atoms with Crippen molar-refractivity contribution < 1.29 is 9.53 Å². The highest BCUT2D eigenvalue weighted by molar-refractivity contribution is 14.0. The van der Waals surface area contributed by atoms with E-state index in [0.29, 0.717) is 18.7 Å². The molecule has 158 valence electrons. The summed E-state index contributed by atoms with van der Waals surface area (Å²) in [5.41, 5.74) is 2.88. The number of rotatable bonds is 9. The average molecular weight is 510 g/mol. The van der Waals surface area contributed by atoms with Gasteiger partial charge in [-0.05, 0) is 55.7 Å². The molecule has 0 saturated heterocycles. The van der Waals surface area contributed by atoms with Crippen LogP contribution in [0.15, 0.2) is 53.5 Å². The summed E-state index contributed by atoms with van der Waals surface area (Å²) < 4.78 is 5.54. The SMILES string of the molecule is CCNC(=NCc1cccc(OCC)c1)NCCc1cccc(C(=O)NC)c1.I. The van der Waals surface area contributed by atoms with Gasteiger partial charge in [0.25, 0.3) is 5.91 Å². The number of aliphatic imine (C=N–C) groups is 1. The Morgan fingerprint density at radius 1 is 1.03 bits per heavy atom. The molecule has 29 heavy (non-hydrogen) atoms. The quantitative estimate of drug-likeness (QED) is 0.275. The lowest BCUT2D eigenvalue weighted by molar-refractivity contribution is 0.0963. The number of nitrogens with one attached hydrogen (secondary N) is 3. The number of carbonyl (C=O) groups excluding carboxylic acids is 1. The number of ether oxygens (including phenoxy) is 1. The van der Waals surface area contributed by atoms with Crippen molar-refractivity contribution in [1.82, 2.24) is 16.0 Å². The summed E-state index contributed by atoms with van der Waals surface area (Å²) in [6, 6.07) is 15.7. The van der Waals surface area contributed by atoms with Gasteiger partial charge in [0.1, 0.15) is 5.75 Å². The molecule has 0 radical (unpaired) electrons. The monoisotopic (exact) mass is 510 g/mol. The lowest BCUT2D eigenvalue weighted by Gasteiger charge is -2.12. The van der Waals surface area contributed by atoms with Crippen molar-refractivity contribution in [2.75, 3.05) is 26.7 Å². The molecule has 0 spiro atoms. The highest BCUT2D eigenvalue weighted by Gasteiger charge is 2.04. The minimum absolute atomic E-state index is 0. The van der Waals surface area contributed by atoms with Crippen LogP contribution >= 0.6 is 24.0 Å². The van der Waals surface area contributed by atoms with Crippen LogP contribution in [-0.2, 0) is 13.0 Å². The molecule has 0 aliphatic rings. The summed E-state index contributed by atoms with van der Waals surface area (Å²) in [7, 11) is 1.64. The standard InChI is InChI=1S/C22H30N4O2.HI/c1-4-24-22(26-16-18-9-7-11-20(15-18)28-5-2)25-13-12-17-8-6-10-19(14-17)21(27)23-3;/h6-11,14-15H,4-5,12-13,16H2,1-3H3,(H,23,27)(H2,24,25,26);1H. The van der Waals surface area contributed by atoms with Gasteiger partial charge in [0, 0.05) is 25.7 Å². The van der Waals surface area contributed by atoms with E-state index >= 15 is 0 Å². The first-order valence-electron chi connectivity index (χ1n) is 9.71. The fourth-order valence-corrected chi connectivity index (χ4v) is 2.75. The molecular weight excluding hydrogens is 479 g/mol. The lowest BCUT2D eigenvalue weighted by atomic mass is 10.1. The first-order valence-corrected chi connectivity index (χ1v) is 9.71. The zero-order valence-corrected chi connectivity index (χ0v) is 19.7. The number of hydrogen-bond donors (Lipinski definition) is 3. The minimum Gasteiger partial charge on any atom is -0.494 e. The third-order valence-electron chi connectivity index (χ3n) is 4.10. The van der Waals surface area contributed by atoms with Crippen LogP contribution in [0.3, 0.4) is 0 Å². The van der Waals surface area contributed by atoms with Gasteiger partial charge < -0.3 is 20.7 Å². The summed E-state index contributed by atoms with van der Waals surface area (Å²) in [4.78, 5) is 16.4. The highest BCUT2D eigenvalue weighted by atomic mass is 127. The Morgan fingerprint density at radius 3 is 2.52 bits per heavy atom. The highest BCUT2D eigenvalue weighted by Crippen LogP contribution is 2.14. The topological polar surface area (TPSA) is 74.8 Å². The van der Waals surface area contributed by atoms with Gasteiger partial charge in [-0.1, -0.05) is 24.3 Å². The van der Waals surface area contributed by atoms with Gasteiger partial charge in [-0.15, -0.1) is 24.0 Å². The van der Waals surface area contributed by atoms with Crippen molar-refractivity contribution in [3.63, 3.8) is 0 Å². The maximum absolute atomic E-state index is 11.8. The summed E-state index contributed by atoms with van der Waals surface area (Å²) in [5, 5.41) is 9.26. The third-order valence-corrected chi connectivity index (χ3v) is 4.10. The molecule has 1 amide bonds. The number of hydrogen-bond acceptors (Lipinski definition) is 3.